The Bertz CT molecular complexity index is 145. The fraction of sp³-hybridized carbons (Fsp3) is 0.917. The Balaban J connectivity index is 0. The highest BCUT2D eigenvalue weighted by Crippen LogP contribution is 1.93. The lowest BCUT2D eigenvalue weighted by atomic mass is 10.3. The maximum absolute atomic E-state index is 10.9. The van der Waals surface area contributed by atoms with Gasteiger partial charge in [-0.3, -0.25) is 4.79 Å². The summed E-state index contributed by atoms with van der Waals surface area (Å²) >= 11 is 0. The van der Waals surface area contributed by atoms with Crippen LogP contribution in [0.5, 0.6) is 0 Å². The number of piperazine rings is 1. The van der Waals surface area contributed by atoms with Gasteiger partial charge in [-0.25, -0.2) is 0 Å². The Kier molecular flexibility index (Phi) is 16.0. The molecule has 0 aromatic heterocycles. The summed E-state index contributed by atoms with van der Waals surface area (Å²) in [5.41, 5.74) is 0. The summed E-state index contributed by atoms with van der Waals surface area (Å²) in [5.74, 6) is 0.133. The Hall–Kier alpha value is -0.610. The second-order valence-electron chi connectivity index (χ2n) is 3.01. The molecule has 0 aromatic rings. The summed E-state index contributed by atoms with van der Waals surface area (Å²) in [6.07, 6.45) is 0.622. The van der Waals surface area contributed by atoms with Crippen LogP contribution in [-0.2, 0) is 4.79 Å². The van der Waals surface area contributed by atoms with E-state index in [2.05, 4.69) is 15.5 Å². The molecule has 4 heteroatoms. The van der Waals surface area contributed by atoms with Crippen molar-refractivity contribution >= 4 is 5.91 Å². The summed E-state index contributed by atoms with van der Waals surface area (Å²) in [6, 6.07) is 0. The van der Waals surface area contributed by atoms with E-state index in [1.54, 1.807) is 7.05 Å². The minimum Gasteiger partial charge on any atom is -0.359 e. The fourth-order valence-corrected chi connectivity index (χ4v) is 1.32. The first-order valence-corrected chi connectivity index (χ1v) is 6.46. The quantitative estimate of drug-likeness (QED) is 0.764. The van der Waals surface area contributed by atoms with Crippen LogP contribution in [0.2, 0.25) is 0 Å². The van der Waals surface area contributed by atoms with Gasteiger partial charge in [0.25, 0.3) is 0 Å². The monoisotopic (exact) mass is 231 g/mol. The molecule has 0 spiro atoms. The first-order chi connectivity index (χ1) is 7.83. The summed E-state index contributed by atoms with van der Waals surface area (Å²) in [6.45, 7) is 13.1. The highest BCUT2D eigenvalue weighted by atomic mass is 16.1. The van der Waals surface area contributed by atoms with E-state index in [1.165, 1.54) is 0 Å². The Morgan fingerprint density at radius 3 is 2.12 bits per heavy atom. The number of hydrogen-bond acceptors (Lipinski definition) is 3. The lowest BCUT2D eigenvalue weighted by Gasteiger charge is -2.26. The third kappa shape index (κ3) is 9.93. The van der Waals surface area contributed by atoms with Crippen LogP contribution in [0.15, 0.2) is 0 Å². The first kappa shape index (κ1) is 17.8. The molecular weight excluding hydrogens is 202 g/mol. The Morgan fingerprint density at radius 2 is 1.69 bits per heavy atom. The lowest BCUT2D eigenvalue weighted by Crippen LogP contribution is -2.44. The average Bonchev–Trinajstić information content (AvgIpc) is 2.41. The molecule has 1 aliphatic rings. The van der Waals surface area contributed by atoms with Crippen molar-refractivity contribution in [3.8, 4) is 0 Å². The Labute approximate surface area is 101 Å². The molecule has 1 fully saturated rings. The number of nitrogens with one attached hydrogen (secondary N) is 2. The van der Waals surface area contributed by atoms with Gasteiger partial charge < -0.3 is 15.5 Å². The summed E-state index contributed by atoms with van der Waals surface area (Å²) in [7, 11) is 1.68. The number of hydrogen-bond donors (Lipinski definition) is 2. The topological polar surface area (TPSA) is 44.4 Å². The van der Waals surface area contributed by atoms with E-state index in [1.807, 2.05) is 27.7 Å². The molecule has 0 aromatic carbocycles. The zero-order valence-electron chi connectivity index (χ0n) is 11.6. The van der Waals surface area contributed by atoms with Crippen molar-refractivity contribution in [2.45, 2.75) is 34.1 Å². The van der Waals surface area contributed by atoms with Gasteiger partial charge in [-0.1, -0.05) is 27.7 Å². The van der Waals surface area contributed by atoms with E-state index in [-0.39, 0.29) is 5.91 Å². The average molecular weight is 231 g/mol. The van der Waals surface area contributed by atoms with Gasteiger partial charge in [0.15, 0.2) is 0 Å². The zero-order chi connectivity index (χ0) is 12.8. The van der Waals surface area contributed by atoms with Gasteiger partial charge in [-0.15, -0.1) is 0 Å². The minimum absolute atomic E-state index is 0.133. The van der Waals surface area contributed by atoms with Gasteiger partial charge in [-0.05, 0) is 0 Å². The van der Waals surface area contributed by atoms with Crippen LogP contribution in [0.4, 0.5) is 0 Å². The van der Waals surface area contributed by atoms with Crippen molar-refractivity contribution in [3.63, 3.8) is 0 Å². The molecule has 0 atom stereocenters. The lowest BCUT2D eigenvalue weighted by molar-refractivity contribution is -0.120. The molecule has 1 saturated heterocycles. The van der Waals surface area contributed by atoms with Gasteiger partial charge in [0.2, 0.25) is 5.91 Å². The maximum atomic E-state index is 10.9. The molecule has 2 N–H and O–H groups in total. The van der Waals surface area contributed by atoms with Crippen LogP contribution < -0.4 is 10.6 Å². The van der Waals surface area contributed by atoms with Crippen molar-refractivity contribution in [2.24, 2.45) is 0 Å². The summed E-state index contributed by atoms with van der Waals surface area (Å²) < 4.78 is 0. The van der Waals surface area contributed by atoms with Gasteiger partial charge in [0.1, 0.15) is 0 Å². The molecular formula is C12H29N3O. The number of amides is 1. The van der Waals surface area contributed by atoms with Crippen molar-refractivity contribution in [1.29, 1.82) is 0 Å². The molecule has 1 aliphatic heterocycles. The molecule has 16 heavy (non-hydrogen) atoms. The second kappa shape index (κ2) is 14.4. The van der Waals surface area contributed by atoms with Crippen molar-refractivity contribution in [3.05, 3.63) is 0 Å². The third-order valence-electron chi connectivity index (χ3n) is 2.14. The standard InChI is InChI=1S/C8H17N3O.2C2H6/c1-9-8(12)2-5-11-6-3-10-4-7-11;2*1-2/h10H,2-7H2,1H3,(H,9,12);2*1-2H3. The van der Waals surface area contributed by atoms with Crippen LogP contribution in [0.3, 0.4) is 0 Å². The SMILES string of the molecule is CC.CC.CNC(=O)CCN1CCNCC1. The minimum atomic E-state index is 0.133. The van der Waals surface area contributed by atoms with Crippen molar-refractivity contribution in [2.75, 3.05) is 39.8 Å². The molecule has 0 saturated carbocycles. The van der Waals surface area contributed by atoms with Gasteiger partial charge in [-0.2, -0.15) is 0 Å². The van der Waals surface area contributed by atoms with Crippen LogP contribution in [0.1, 0.15) is 34.1 Å². The van der Waals surface area contributed by atoms with E-state index in [9.17, 15) is 4.79 Å². The summed E-state index contributed by atoms with van der Waals surface area (Å²) in [4.78, 5) is 13.2. The third-order valence-corrected chi connectivity index (χ3v) is 2.14. The molecule has 1 amide bonds. The number of rotatable bonds is 3. The summed E-state index contributed by atoms with van der Waals surface area (Å²) in [5, 5.41) is 5.90. The van der Waals surface area contributed by atoms with Crippen molar-refractivity contribution in [1.82, 2.24) is 15.5 Å². The molecule has 0 bridgehead atoms. The number of nitrogens with zero attached hydrogens (tertiary/aromatic N) is 1. The van der Waals surface area contributed by atoms with Crippen LogP contribution in [0.25, 0.3) is 0 Å². The second-order valence-corrected chi connectivity index (χ2v) is 3.01. The zero-order valence-corrected chi connectivity index (χ0v) is 11.6. The van der Waals surface area contributed by atoms with E-state index in [4.69, 9.17) is 0 Å². The molecule has 4 nitrogen and oxygen atoms in total. The van der Waals surface area contributed by atoms with Gasteiger partial charge in [0.05, 0.1) is 0 Å². The molecule has 98 valence electrons. The predicted octanol–water partition coefficient (Wildman–Crippen LogP) is 1.08. The highest BCUT2D eigenvalue weighted by Gasteiger charge is 2.09. The normalized spacial score (nSPS) is 15.1. The van der Waals surface area contributed by atoms with Gasteiger partial charge in [0, 0.05) is 46.2 Å². The maximum Gasteiger partial charge on any atom is 0.221 e. The van der Waals surface area contributed by atoms with Crippen molar-refractivity contribution < 1.29 is 4.79 Å². The van der Waals surface area contributed by atoms with E-state index in [0.29, 0.717) is 6.42 Å². The molecule has 0 radical (unpaired) electrons. The molecule has 1 heterocycles. The fourth-order valence-electron chi connectivity index (χ4n) is 1.32. The van der Waals surface area contributed by atoms with Crippen LogP contribution in [-0.4, -0.2) is 50.6 Å². The molecule has 0 unspecified atom stereocenters. The number of carbonyl (C=O) groups is 1. The Morgan fingerprint density at radius 1 is 1.19 bits per heavy atom. The largest absolute Gasteiger partial charge is 0.359 e. The first-order valence-electron chi connectivity index (χ1n) is 6.46. The van der Waals surface area contributed by atoms with Crippen LogP contribution >= 0.6 is 0 Å². The number of carbonyl (C=O) groups excluding carboxylic acids is 1. The van der Waals surface area contributed by atoms with Crippen LogP contribution in [0, 0.1) is 0 Å². The van der Waals surface area contributed by atoms with Gasteiger partial charge >= 0.3 is 0 Å². The smallest absolute Gasteiger partial charge is 0.221 e. The van der Waals surface area contributed by atoms with E-state index in [0.717, 1.165) is 32.7 Å². The molecule has 1 rings (SSSR count). The highest BCUT2D eigenvalue weighted by molar-refractivity contribution is 5.75. The molecule has 0 aliphatic carbocycles. The predicted molar refractivity (Wildman–Crippen MR) is 70.7 cm³/mol. The van der Waals surface area contributed by atoms with E-state index >= 15 is 0 Å². The van der Waals surface area contributed by atoms with E-state index < -0.39 is 0 Å².